The topological polar surface area (TPSA) is 16.1 Å². The molecule has 2 heterocycles. The molecule has 0 N–H and O–H groups in total. The predicted molar refractivity (Wildman–Crippen MR) is 87.8 cm³/mol. The van der Waals surface area contributed by atoms with Crippen molar-refractivity contribution in [3.05, 3.63) is 23.4 Å². The molecule has 0 amide bonds. The standard InChI is InChI=1S/C17H27ClN2/c1-13-8-6-5-7-9-20(13)16-11-14(12-18)10-15(19-16)17(2,3)4/h10-11,13H,5-9,12H2,1-4H3. The summed E-state index contributed by atoms with van der Waals surface area (Å²) in [5.41, 5.74) is 2.38. The molecule has 1 atom stereocenters. The number of aromatic nitrogens is 1. The molecule has 2 nitrogen and oxygen atoms in total. The van der Waals surface area contributed by atoms with Crippen LogP contribution in [0.25, 0.3) is 0 Å². The van der Waals surface area contributed by atoms with Crippen LogP contribution in [-0.2, 0) is 11.3 Å². The van der Waals surface area contributed by atoms with E-state index in [4.69, 9.17) is 16.6 Å². The highest BCUT2D eigenvalue weighted by atomic mass is 35.5. The van der Waals surface area contributed by atoms with Crippen LogP contribution in [0.2, 0.25) is 0 Å². The van der Waals surface area contributed by atoms with Gasteiger partial charge >= 0.3 is 0 Å². The van der Waals surface area contributed by atoms with Crippen molar-refractivity contribution >= 4 is 17.4 Å². The third kappa shape index (κ3) is 3.66. The maximum Gasteiger partial charge on any atom is 0.129 e. The largest absolute Gasteiger partial charge is 0.354 e. The van der Waals surface area contributed by atoms with Gasteiger partial charge in [0.1, 0.15) is 5.82 Å². The second kappa shape index (κ2) is 6.34. The van der Waals surface area contributed by atoms with Gasteiger partial charge in [-0.2, -0.15) is 0 Å². The number of nitrogens with zero attached hydrogens (tertiary/aromatic N) is 2. The van der Waals surface area contributed by atoms with E-state index >= 15 is 0 Å². The van der Waals surface area contributed by atoms with Crippen LogP contribution in [0, 0.1) is 0 Å². The Kier molecular flexibility index (Phi) is 4.95. The first-order chi connectivity index (χ1) is 9.41. The molecule has 1 fully saturated rings. The molecule has 2 rings (SSSR count). The highest BCUT2D eigenvalue weighted by molar-refractivity contribution is 6.17. The summed E-state index contributed by atoms with van der Waals surface area (Å²) in [6, 6.07) is 4.90. The van der Waals surface area contributed by atoms with Gasteiger partial charge in [-0.15, -0.1) is 11.6 Å². The molecule has 0 saturated carbocycles. The number of anilines is 1. The summed E-state index contributed by atoms with van der Waals surface area (Å²) in [5.74, 6) is 1.67. The van der Waals surface area contributed by atoms with Gasteiger partial charge in [0.2, 0.25) is 0 Å². The van der Waals surface area contributed by atoms with E-state index in [9.17, 15) is 0 Å². The van der Waals surface area contributed by atoms with Crippen LogP contribution < -0.4 is 4.90 Å². The van der Waals surface area contributed by atoms with Crippen LogP contribution in [0.3, 0.4) is 0 Å². The molecule has 0 radical (unpaired) electrons. The zero-order valence-corrected chi connectivity index (χ0v) is 14.0. The van der Waals surface area contributed by atoms with Crippen LogP contribution in [-0.4, -0.2) is 17.6 Å². The van der Waals surface area contributed by atoms with E-state index in [1.165, 1.54) is 31.2 Å². The lowest BCUT2D eigenvalue weighted by atomic mass is 9.91. The lowest BCUT2D eigenvalue weighted by molar-refractivity contribution is 0.561. The third-order valence-corrected chi connectivity index (χ3v) is 4.45. The molecule has 3 heteroatoms. The Morgan fingerprint density at radius 1 is 1.25 bits per heavy atom. The molecular formula is C17H27ClN2. The minimum Gasteiger partial charge on any atom is -0.354 e. The first-order valence-corrected chi connectivity index (χ1v) is 8.29. The zero-order chi connectivity index (χ0) is 14.8. The summed E-state index contributed by atoms with van der Waals surface area (Å²) in [4.78, 5) is 7.41. The zero-order valence-electron chi connectivity index (χ0n) is 13.2. The second-order valence-electron chi connectivity index (χ2n) is 6.99. The molecule has 1 aromatic heterocycles. The second-order valence-corrected chi connectivity index (χ2v) is 7.26. The molecule has 1 aromatic rings. The van der Waals surface area contributed by atoms with Gasteiger partial charge in [-0.25, -0.2) is 4.98 Å². The monoisotopic (exact) mass is 294 g/mol. The van der Waals surface area contributed by atoms with Crippen LogP contribution in [0.15, 0.2) is 12.1 Å². The Balaban J connectivity index is 2.39. The average molecular weight is 295 g/mol. The molecule has 1 unspecified atom stereocenters. The van der Waals surface area contributed by atoms with E-state index < -0.39 is 0 Å². The Morgan fingerprint density at radius 2 is 2.00 bits per heavy atom. The van der Waals surface area contributed by atoms with Gasteiger partial charge < -0.3 is 4.90 Å². The summed E-state index contributed by atoms with van der Waals surface area (Å²) in [5, 5.41) is 0. The molecular weight excluding hydrogens is 268 g/mol. The Morgan fingerprint density at radius 3 is 2.65 bits per heavy atom. The van der Waals surface area contributed by atoms with Crippen LogP contribution >= 0.6 is 11.6 Å². The molecule has 1 saturated heterocycles. The molecule has 0 aromatic carbocycles. The summed E-state index contributed by atoms with van der Waals surface area (Å²) < 4.78 is 0. The van der Waals surface area contributed by atoms with E-state index in [0.29, 0.717) is 11.9 Å². The Labute approximate surface area is 128 Å². The fourth-order valence-electron chi connectivity index (χ4n) is 2.79. The van der Waals surface area contributed by atoms with Gasteiger partial charge in [-0.1, -0.05) is 33.6 Å². The average Bonchev–Trinajstić information content (AvgIpc) is 2.62. The number of rotatable bonds is 2. The lowest BCUT2D eigenvalue weighted by Gasteiger charge is -2.30. The normalized spacial score (nSPS) is 20.9. The summed E-state index contributed by atoms with van der Waals surface area (Å²) in [7, 11) is 0. The quantitative estimate of drug-likeness (QED) is 0.722. The van der Waals surface area contributed by atoms with Crippen molar-refractivity contribution in [2.24, 2.45) is 0 Å². The minimum absolute atomic E-state index is 0.0614. The minimum atomic E-state index is 0.0614. The van der Waals surface area contributed by atoms with Crippen molar-refractivity contribution in [2.45, 2.75) is 70.7 Å². The van der Waals surface area contributed by atoms with Crippen molar-refractivity contribution < 1.29 is 0 Å². The van der Waals surface area contributed by atoms with Crippen molar-refractivity contribution in [2.75, 3.05) is 11.4 Å². The predicted octanol–water partition coefficient (Wildman–Crippen LogP) is 4.89. The van der Waals surface area contributed by atoms with E-state index in [2.05, 4.69) is 44.7 Å². The highest BCUT2D eigenvalue weighted by Gasteiger charge is 2.22. The first kappa shape index (κ1) is 15.6. The molecule has 0 bridgehead atoms. The Bertz CT molecular complexity index is 451. The summed E-state index contributed by atoms with van der Waals surface area (Å²) >= 11 is 6.08. The molecule has 1 aliphatic rings. The molecule has 1 aliphatic heterocycles. The van der Waals surface area contributed by atoms with Gasteiger partial charge in [0.05, 0.1) is 0 Å². The van der Waals surface area contributed by atoms with Crippen molar-refractivity contribution in [3.8, 4) is 0 Å². The van der Waals surface area contributed by atoms with E-state index in [1.807, 2.05) is 0 Å². The maximum atomic E-state index is 6.08. The molecule has 0 spiro atoms. The van der Waals surface area contributed by atoms with E-state index in [1.54, 1.807) is 0 Å². The molecule has 20 heavy (non-hydrogen) atoms. The fraction of sp³-hybridized carbons (Fsp3) is 0.706. The van der Waals surface area contributed by atoms with E-state index in [0.717, 1.165) is 18.1 Å². The van der Waals surface area contributed by atoms with Gasteiger partial charge in [0, 0.05) is 29.6 Å². The molecule has 0 aliphatic carbocycles. The third-order valence-electron chi connectivity index (χ3n) is 4.14. The number of alkyl halides is 1. The van der Waals surface area contributed by atoms with Gasteiger partial charge in [-0.3, -0.25) is 0 Å². The number of hydrogen-bond acceptors (Lipinski definition) is 2. The molecule has 112 valence electrons. The van der Waals surface area contributed by atoms with Gasteiger partial charge in [0.15, 0.2) is 0 Å². The number of pyridine rings is 1. The first-order valence-electron chi connectivity index (χ1n) is 7.76. The fourth-order valence-corrected chi connectivity index (χ4v) is 2.95. The highest BCUT2D eigenvalue weighted by Crippen LogP contribution is 2.28. The number of hydrogen-bond donors (Lipinski definition) is 0. The van der Waals surface area contributed by atoms with Crippen LogP contribution in [0.5, 0.6) is 0 Å². The van der Waals surface area contributed by atoms with Crippen LogP contribution in [0.4, 0.5) is 5.82 Å². The number of halogens is 1. The SMILES string of the molecule is CC1CCCCCN1c1cc(CCl)cc(C(C)(C)C)n1. The van der Waals surface area contributed by atoms with Crippen LogP contribution in [0.1, 0.15) is 64.6 Å². The summed E-state index contributed by atoms with van der Waals surface area (Å²) in [6.45, 7) is 10.1. The smallest absolute Gasteiger partial charge is 0.129 e. The van der Waals surface area contributed by atoms with Gasteiger partial charge in [0.25, 0.3) is 0 Å². The van der Waals surface area contributed by atoms with Crippen molar-refractivity contribution in [1.29, 1.82) is 0 Å². The van der Waals surface area contributed by atoms with Crippen molar-refractivity contribution in [1.82, 2.24) is 4.98 Å². The maximum absolute atomic E-state index is 6.08. The van der Waals surface area contributed by atoms with E-state index in [-0.39, 0.29) is 5.41 Å². The lowest BCUT2D eigenvalue weighted by Crippen LogP contribution is -2.33. The summed E-state index contributed by atoms with van der Waals surface area (Å²) in [6.07, 6.45) is 5.20. The van der Waals surface area contributed by atoms with Crippen molar-refractivity contribution in [3.63, 3.8) is 0 Å². The van der Waals surface area contributed by atoms with Gasteiger partial charge in [-0.05, 0) is 37.5 Å². The Hall–Kier alpha value is -0.760.